The first-order valence-electron chi connectivity index (χ1n) is 19.7. The van der Waals surface area contributed by atoms with Crippen LogP contribution in [-0.4, -0.2) is 0 Å². The van der Waals surface area contributed by atoms with Crippen molar-refractivity contribution in [3.63, 3.8) is 0 Å². The first-order chi connectivity index (χ1) is 27.1. The highest BCUT2D eigenvalue weighted by atomic mass is 16.3. The lowest BCUT2D eigenvalue weighted by atomic mass is 9.85. The van der Waals surface area contributed by atoms with Crippen molar-refractivity contribution in [2.45, 2.75) is 0 Å². The van der Waals surface area contributed by atoms with Crippen LogP contribution in [0, 0.1) is 0 Å². The smallest absolute Gasteiger partial charge is 0.143 e. The molecule has 0 saturated carbocycles. The number of benzene rings is 8. The lowest BCUT2D eigenvalue weighted by molar-refractivity contribution is 0.631. The molecule has 2 nitrogen and oxygen atoms in total. The predicted molar refractivity (Wildman–Crippen MR) is 200 cm³/mol. The molecule has 0 aliphatic rings. The average Bonchev–Trinajstić information content (AvgIpc) is 3.83. The zero-order chi connectivity index (χ0) is 38.6. The van der Waals surface area contributed by atoms with Gasteiger partial charge in [-0.2, -0.15) is 0 Å². The summed E-state index contributed by atoms with van der Waals surface area (Å²) >= 11 is 0. The van der Waals surface area contributed by atoms with Crippen LogP contribution in [0.5, 0.6) is 0 Å². The van der Waals surface area contributed by atoms with Gasteiger partial charge in [0, 0.05) is 27.3 Å². The monoisotopic (exact) mass is 620 g/mol. The van der Waals surface area contributed by atoms with Crippen LogP contribution in [0.2, 0.25) is 0 Å². The molecule has 10 rings (SSSR count). The fourth-order valence-electron chi connectivity index (χ4n) is 6.93. The van der Waals surface area contributed by atoms with Gasteiger partial charge in [0.1, 0.15) is 22.5 Å². The van der Waals surface area contributed by atoms with Crippen molar-refractivity contribution >= 4 is 54.5 Å². The number of furan rings is 2. The first kappa shape index (κ1) is 20.0. The number of hydrogen-bond acceptors (Lipinski definition) is 2. The summed E-state index contributed by atoms with van der Waals surface area (Å²) in [6.07, 6.45) is 0. The number of fused-ring (bicyclic) bond motifs is 6. The van der Waals surface area contributed by atoms with Gasteiger partial charge in [0.2, 0.25) is 0 Å². The Balaban J connectivity index is 1.20. The Bertz CT molecular complexity index is 3180. The molecule has 0 atom stereocenters. The maximum Gasteiger partial charge on any atom is 0.143 e. The van der Waals surface area contributed by atoms with Crippen LogP contribution in [0.15, 0.2) is 179 Å². The van der Waals surface area contributed by atoms with Gasteiger partial charge in [0.25, 0.3) is 0 Å². The van der Waals surface area contributed by atoms with Crippen LogP contribution >= 0.6 is 0 Å². The molecule has 48 heavy (non-hydrogen) atoms. The zero-order valence-corrected chi connectivity index (χ0v) is 25.4. The van der Waals surface area contributed by atoms with E-state index >= 15 is 0 Å². The minimum Gasteiger partial charge on any atom is -0.456 e. The van der Waals surface area contributed by atoms with Gasteiger partial charge in [-0.05, 0) is 67.6 Å². The van der Waals surface area contributed by atoms with Crippen molar-refractivity contribution < 1.29 is 19.8 Å². The van der Waals surface area contributed by atoms with E-state index in [1.54, 1.807) is 24.3 Å². The SMILES string of the molecule is [2H]c1c([2H])c([2H])c2c(-c3ccc(-c4cccc5c4oc4cc6cc(-c7ccccc7)oc6cc45)cc3)c3c([2H])c([2H])c([2H])c([2H])c3c(-c3ccccc3)c2c1[2H]. The fraction of sp³-hybridized carbons (Fsp3) is 0. The minimum absolute atomic E-state index is 0.180. The van der Waals surface area contributed by atoms with E-state index in [2.05, 4.69) is 0 Å². The first-order valence-corrected chi connectivity index (χ1v) is 15.7. The van der Waals surface area contributed by atoms with Crippen molar-refractivity contribution in [3.8, 4) is 44.7 Å². The maximum absolute atomic E-state index is 9.19. The summed E-state index contributed by atoms with van der Waals surface area (Å²) in [5, 5.41) is 3.50. The quantitative estimate of drug-likeness (QED) is 0.183. The molecule has 0 amide bonds. The summed E-state index contributed by atoms with van der Waals surface area (Å²) in [4.78, 5) is 0. The Morgan fingerprint density at radius 2 is 0.958 bits per heavy atom. The number of para-hydroxylation sites is 1. The third-order valence-corrected chi connectivity index (χ3v) is 9.12. The molecular weight excluding hydrogens is 585 g/mol. The molecule has 0 radical (unpaired) electrons. The van der Waals surface area contributed by atoms with Crippen LogP contribution in [0.3, 0.4) is 0 Å². The van der Waals surface area contributed by atoms with E-state index in [0.29, 0.717) is 27.8 Å². The molecule has 0 saturated heterocycles. The van der Waals surface area contributed by atoms with E-state index in [1.165, 1.54) is 0 Å². The second kappa shape index (κ2) is 10.6. The van der Waals surface area contributed by atoms with E-state index < -0.39 is 24.2 Å². The Labute approximate surface area is 288 Å². The molecule has 224 valence electrons. The topological polar surface area (TPSA) is 26.3 Å². The van der Waals surface area contributed by atoms with Crippen molar-refractivity contribution in [3.05, 3.63) is 170 Å². The molecular formula is C46H28O2. The third kappa shape index (κ3) is 4.13. The molecule has 0 aliphatic heterocycles. The van der Waals surface area contributed by atoms with Gasteiger partial charge in [-0.15, -0.1) is 0 Å². The summed E-state index contributed by atoms with van der Waals surface area (Å²) in [5.41, 5.74) is 6.56. The summed E-state index contributed by atoms with van der Waals surface area (Å²) in [6, 6.07) is 35.5. The second-order valence-electron chi connectivity index (χ2n) is 11.8. The van der Waals surface area contributed by atoms with Gasteiger partial charge >= 0.3 is 0 Å². The molecule has 2 heteroatoms. The number of rotatable bonds is 4. The fourth-order valence-corrected chi connectivity index (χ4v) is 6.93. The molecule has 0 N–H and O–H groups in total. The molecule has 0 unspecified atom stereocenters. The molecule has 2 heterocycles. The zero-order valence-electron chi connectivity index (χ0n) is 33.4. The van der Waals surface area contributed by atoms with Gasteiger partial charge in [-0.3, -0.25) is 0 Å². The van der Waals surface area contributed by atoms with Crippen molar-refractivity contribution in [1.29, 1.82) is 0 Å². The van der Waals surface area contributed by atoms with Crippen molar-refractivity contribution in [2.75, 3.05) is 0 Å². The van der Waals surface area contributed by atoms with Crippen molar-refractivity contribution in [2.24, 2.45) is 0 Å². The largest absolute Gasteiger partial charge is 0.456 e. The summed E-state index contributed by atoms with van der Waals surface area (Å²) in [6.45, 7) is 0. The van der Waals surface area contributed by atoms with Gasteiger partial charge in [0.15, 0.2) is 0 Å². The van der Waals surface area contributed by atoms with Crippen molar-refractivity contribution in [1.82, 2.24) is 0 Å². The third-order valence-electron chi connectivity index (χ3n) is 9.12. The minimum atomic E-state index is -0.431. The van der Waals surface area contributed by atoms with E-state index in [4.69, 9.17) is 17.1 Å². The van der Waals surface area contributed by atoms with Crippen LogP contribution < -0.4 is 0 Å². The molecule has 10 aromatic rings. The average molecular weight is 621 g/mol. The summed E-state index contributed by atoms with van der Waals surface area (Å²) in [7, 11) is 0. The molecule has 0 fully saturated rings. The highest BCUT2D eigenvalue weighted by molar-refractivity contribution is 6.21. The molecule has 8 aromatic carbocycles. The Morgan fingerprint density at radius 1 is 0.396 bits per heavy atom. The predicted octanol–water partition coefficient (Wildman–Crippen LogP) is 13.3. The van der Waals surface area contributed by atoms with Gasteiger partial charge in [-0.1, -0.05) is 151 Å². The molecule has 0 bridgehead atoms. The standard InChI is InChI=1S/C46H28O2/c1-3-12-30(13-4-1)41-26-33-27-43-40(28-42(33)47-41)39-21-11-20-34(46(39)48-43)29-22-24-32(25-23-29)45-37-18-9-7-16-35(37)44(31-14-5-2-6-15-31)36-17-8-10-19-38(36)45/h1-28H/i7D,8D,9D,10D,16D,17D,18D,19D. The lowest BCUT2D eigenvalue weighted by Gasteiger charge is -2.18. The number of hydrogen-bond donors (Lipinski definition) is 0. The normalized spacial score (nSPS) is 14.1. The van der Waals surface area contributed by atoms with Crippen LogP contribution in [0.25, 0.3) is 99.2 Å². The molecule has 0 aliphatic carbocycles. The van der Waals surface area contributed by atoms with Crippen LogP contribution in [0.4, 0.5) is 0 Å². The molecule has 0 spiro atoms. The summed E-state index contributed by atoms with van der Waals surface area (Å²) < 4.78 is 84.0. The van der Waals surface area contributed by atoms with Crippen LogP contribution in [-0.2, 0) is 0 Å². The van der Waals surface area contributed by atoms with E-state index in [0.717, 1.165) is 49.8 Å². The van der Waals surface area contributed by atoms with E-state index in [1.807, 2.05) is 97.1 Å². The van der Waals surface area contributed by atoms with Gasteiger partial charge < -0.3 is 8.83 Å². The van der Waals surface area contributed by atoms with Crippen LogP contribution in [0.1, 0.15) is 11.0 Å². The second-order valence-corrected chi connectivity index (χ2v) is 11.8. The van der Waals surface area contributed by atoms with Gasteiger partial charge in [0.05, 0.1) is 11.0 Å². The summed E-state index contributed by atoms with van der Waals surface area (Å²) in [5.74, 6) is 0.778. The lowest BCUT2D eigenvalue weighted by Crippen LogP contribution is -1.90. The van der Waals surface area contributed by atoms with E-state index in [-0.39, 0.29) is 45.7 Å². The molecule has 2 aromatic heterocycles. The Hall–Kier alpha value is -6.38. The highest BCUT2D eigenvalue weighted by Gasteiger charge is 2.18. The van der Waals surface area contributed by atoms with E-state index in [9.17, 15) is 2.74 Å². The maximum atomic E-state index is 9.19. The Morgan fingerprint density at radius 3 is 1.58 bits per heavy atom. The van der Waals surface area contributed by atoms with Gasteiger partial charge in [-0.25, -0.2) is 0 Å². The highest BCUT2D eigenvalue weighted by Crippen LogP contribution is 2.44. The Kier molecular flexibility index (Phi) is 4.41.